The second-order valence-electron chi connectivity index (χ2n) is 15.3. The summed E-state index contributed by atoms with van der Waals surface area (Å²) in [6.45, 7) is 3.00. The minimum Gasteiger partial charge on any atom is -0.508 e. The number of phenols is 1. The second-order valence-corrected chi connectivity index (χ2v) is 16.3. The van der Waals surface area contributed by atoms with Gasteiger partial charge in [0, 0.05) is 61.9 Å². The number of alkyl carbamates (subject to hydrolysis) is 1. The number of aliphatic carboxylic acids is 1. The SMILES string of the molecule is CCOC(=O)NC(Cc1cccc(O)c1)C(=O)N(C)C(C)C(NC(=O)C(CCSC)NC(=O)NC(Cc1c[nH]c2ccccc12)C(=O)O)C(=O)N/C=C1\C[C@@H](O)[C@H](n2ccc(=O)[nH]c2=O)O1. The molecule has 1 aliphatic heterocycles. The second kappa shape index (κ2) is 23.1. The highest BCUT2D eigenvalue weighted by Gasteiger charge is 2.38. The van der Waals surface area contributed by atoms with Gasteiger partial charge in [-0.15, -0.1) is 0 Å². The first-order chi connectivity index (χ1) is 31.5. The Balaban J connectivity index is 1.39. The Morgan fingerprint density at radius 1 is 0.985 bits per heavy atom. The van der Waals surface area contributed by atoms with Crippen molar-refractivity contribution in [1.82, 2.24) is 46.0 Å². The molecule has 4 aromatic rings. The van der Waals surface area contributed by atoms with Gasteiger partial charge in [-0.1, -0.05) is 30.3 Å². The lowest BCUT2D eigenvalue weighted by molar-refractivity contribution is -0.139. The number of aromatic hydroxyl groups is 1. The van der Waals surface area contributed by atoms with E-state index in [1.165, 1.54) is 37.9 Å². The van der Waals surface area contributed by atoms with E-state index in [-0.39, 0.29) is 43.8 Å². The molecule has 1 fully saturated rings. The third kappa shape index (κ3) is 13.2. The van der Waals surface area contributed by atoms with Gasteiger partial charge in [-0.25, -0.2) is 19.2 Å². The number of nitrogens with one attached hydrogen (secondary N) is 7. The number of carbonyl (C=O) groups is 6. The zero-order valence-electron chi connectivity index (χ0n) is 36.4. The Kier molecular flexibility index (Phi) is 17.4. The molecule has 7 atom stereocenters. The van der Waals surface area contributed by atoms with Crippen LogP contribution in [0.3, 0.4) is 0 Å². The summed E-state index contributed by atoms with van der Waals surface area (Å²) in [5.41, 5.74) is 0.346. The molecule has 0 aliphatic carbocycles. The number of carboxylic acids is 1. The number of ether oxygens (including phenoxy) is 2. The number of nitrogens with zero attached hydrogens (tertiary/aromatic N) is 2. The van der Waals surface area contributed by atoms with Gasteiger partial charge in [0.15, 0.2) is 0 Å². The molecule has 5 unspecified atom stereocenters. The fourth-order valence-electron chi connectivity index (χ4n) is 7.14. The van der Waals surface area contributed by atoms with Gasteiger partial charge in [0.2, 0.25) is 23.9 Å². The highest BCUT2D eigenvalue weighted by Crippen LogP contribution is 2.30. The number of carboxylic acid groups (broad SMARTS) is 1. The fourth-order valence-corrected chi connectivity index (χ4v) is 7.61. The van der Waals surface area contributed by atoms with Crippen molar-refractivity contribution >= 4 is 58.5 Å². The largest absolute Gasteiger partial charge is 0.508 e. The Hall–Kier alpha value is -7.27. The lowest BCUT2D eigenvalue weighted by Gasteiger charge is -2.34. The number of carbonyl (C=O) groups excluding carboxylic acids is 5. The first-order valence-corrected chi connectivity index (χ1v) is 22.2. The molecule has 23 heteroatoms. The molecule has 354 valence electrons. The summed E-state index contributed by atoms with van der Waals surface area (Å²) >= 11 is 1.35. The molecule has 0 spiro atoms. The van der Waals surface area contributed by atoms with Gasteiger partial charge in [-0.05, 0) is 61.6 Å². The monoisotopic (exact) mass is 935 g/mol. The number of aliphatic hydroxyl groups excluding tert-OH is 1. The average Bonchev–Trinajstić information content (AvgIpc) is 3.86. The Morgan fingerprint density at radius 3 is 2.42 bits per heavy atom. The lowest BCUT2D eigenvalue weighted by Crippen LogP contribution is -2.62. The summed E-state index contributed by atoms with van der Waals surface area (Å²) in [6.07, 6.45) is 1.78. The Morgan fingerprint density at radius 2 is 1.73 bits per heavy atom. The number of benzene rings is 2. The zero-order valence-corrected chi connectivity index (χ0v) is 37.3. The number of aromatic nitrogens is 3. The number of urea groups is 1. The molecule has 1 aliphatic rings. The zero-order chi connectivity index (χ0) is 48.1. The number of aliphatic hydroxyl groups is 1. The molecule has 22 nitrogen and oxygen atoms in total. The third-order valence-electron chi connectivity index (χ3n) is 10.7. The van der Waals surface area contributed by atoms with Crippen LogP contribution in [0.2, 0.25) is 0 Å². The van der Waals surface area contributed by atoms with Crippen LogP contribution >= 0.6 is 11.8 Å². The van der Waals surface area contributed by atoms with Gasteiger partial charge in [-0.2, -0.15) is 11.8 Å². The van der Waals surface area contributed by atoms with E-state index in [0.717, 1.165) is 38.8 Å². The summed E-state index contributed by atoms with van der Waals surface area (Å²) in [5.74, 6) is -3.60. The van der Waals surface area contributed by atoms with Gasteiger partial charge in [-0.3, -0.25) is 28.7 Å². The molecule has 0 radical (unpaired) electrons. The lowest BCUT2D eigenvalue weighted by atomic mass is 10.0. The van der Waals surface area contributed by atoms with Crippen molar-refractivity contribution in [1.29, 1.82) is 0 Å². The van der Waals surface area contributed by atoms with Crippen molar-refractivity contribution in [2.45, 2.75) is 82.1 Å². The molecule has 66 heavy (non-hydrogen) atoms. The van der Waals surface area contributed by atoms with Crippen molar-refractivity contribution in [3.05, 3.63) is 111 Å². The van der Waals surface area contributed by atoms with Crippen molar-refractivity contribution < 1.29 is 53.6 Å². The smallest absolute Gasteiger partial charge is 0.407 e. The predicted molar refractivity (Wildman–Crippen MR) is 240 cm³/mol. The normalized spacial score (nSPS) is 17.3. The molecule has 1 saturated heterocycles. The number of fused-ring (bicyclic) bond motifs is 1. The minimum atomic E-state index is -1.61. The minimum absolute atomic E-state index is 0.00253. The maximum Gasteiger partial charge on any atom is 0.407 e. The summed E-state index contributed by atoms with van der Waals surface area (Å²) in [6, 6.07) is 6.46. The van der Waals surface area contributed by atoms with E-state index < -0.39 is 89.6 Å². The molecule has 0 saturated carbocycles. The number of phenolic OH excluding ortho intramolecular Hbond substituents is 1. The van der Waals surface area contributed by atoms with Crippen LogP contribution < -0.4 is 37.8 Å². The predicted octanol–water partition coefficient (Wildman–Crippen LogP) is 0.767. The number of amides is 6. The first-order valence-electron chi connectivity index (χ1n) is 20.8. The number of para-hydroxylation sites is 1. The van der Waals surface area contributed by atoms with Crippen LogP contribution in [0.1, 0.15) is 44.0 Å². The average molecular weight is 936 g/mol. The van der Waals surface area contributed by atoms with Gasteiger partial charge < -0.3 is 61.3 Å². The summed E-state index contributed by atoms with van der Waals surface area (Å²) in [7, 11) is 1.33. The molecular formula is C43H53N9O13S. The van der Waals surface area contributed by atoms with E-state index in [9.17, 15) is 53.7 Å². The van der Waals surface area contributed by atoms with Crippen molar-refractivity contribution in [2.24, 2.45) is 0 Å². The Bertz CT molecular complexity index is 2540. The standard InChI is InChI=1S/C43H53N9O13S/c1-5-64-43(63)48-31(18-24-9-8-10-26(53)17-24)38(58)51(3)23(2)35(37(57)45-22-27-20-33(54)39(65-27)52-15-13-34(55)49-42(52)62)50-36(56)30(14-16-66-4)46-41(61)47-32(40(59)60)19-25-21-44-29-12-7-6-11-28(25)29/h6-13,15,17,21-23,30-33,35,39,44,53-54H,5,14,16,18-20H2,1-4H3,(H,45,57)(H,48,63)(H,50,56)(H,59,60)(H2,46,47,61)(H,49,55,62)/b27-22+/t23?,30?,31?,32?,33-,35?,39-/m1/s1. The van der Waals surface area contributed by atoms with Crippen LogP contribution in [0, 0.1) is 0 Å². The fraction of sp³-hybridized carbons (Fsp3) is 0.395. The van der Waals surface area contributed by atoms with E-state index in [1.807, 2.05) is 18.2 Å². The first kappa shape index (κ1) is 49.7. The summed E-state index contributed by atoms with van der Waals surface area (Å²) in [4.78, 5) is 111. The van der Waals surface area contributed by atoms with Crippen molar-refractivity contribution in [3.63, 3.8) is 0 Å². The topological polar surface area (TPSA) is 316 Å². The highest BCUT2D eigenvalue weighted by molar-refractivity contribution is 7.98. The molecular weight excluding hydrogens is 883 g/mol. The summed E-state index contributed by atoms with van der Waals surface area (Å²) in [5, 5.41) is 44.2. The van der Waals surface area contributed by atoms with Crippen LogP contribution in [0.5, 0.6) is 5.75 Å². The third-order valence-corrected chi connectivity index (χ3v) is 11.3. The van der Waals surface area contributed by atoms with Crippen LogP contribution in [0.4, 0.5) is 9.59 Å². The molecule has 2 aromatic carbocycles. The maximum atomic E-state index is 14.2. The number of hydrogen-bond donors (Lipinski definition) is 10. The van der Waals surface area contributed by atoms with Crippen molar-refractivity contribution in [2.75, 3.05) is 25.7 Å². The van der Waals surface area contributed by atoms with Crippen LogP contribution in [0.15, 0.2) is 88.5 Å². The quantitative estimate of drug-likeness (QED) is 0.0586. The molecule has 5 rings (SSSR count). The molecule has 6 amide bonds. The van der Waals surface area contributed by atoms with E-state index >= 15 is 0 Å². The maximum absolute atomic E-state index is 14.2. The van der Waals surface area contributed by atoms with Crippen LogP contribution in [0.25, 0.3) is 10.9 Å². The molecule has 0 bridgehead atoms. The van der Waals surface area contributed by atoms with Crippen LogP contribution in [-0.4, -0.2) is 133 Å². The number of thioether (sulfide) groups is 1. The van der Waals surface area contributed by atoms with Gasteiger partial charge in [0.05, 0.1) is 12.6 Å². The number of hydrogen-bond acceptors (Lipinski definition) is 13. The van der Waals surface area contributed by atoms with E-state index in [1.54, 1.807) is 37.6 Å². The number of H-pyrrole nitrogens is 2. The van der Waals surface area contributed by atoms with E-state index in [4.69, 9.17) is 9.47 Å². The molecule has 10 N–H and O–H groups in total. The van der Waals surface area contributed by atoms with E-state index in [0.29, 0.717) is 16.9 Å². The van der Waals surface area contributed by atoms with Gasteiger partial charge >= 0.3 is 23.8 Å². The molecule has 2 aromatic heterocycles. The number of likely N-dealkylation sites (N-methyl/N-ethyl adjacent to an activating group) is 1. The van der Waals surface area contributed by atoms with Crippen molar-refractivity contribution in [3.8, 4) is 5.75 Å². The highest BCUT2D eigenvalue weighted by atomic mass is 32.2. The number of rotatable bonds is 20. The van der Waals surface area contributed by atoms with Gasteiger partial charge in [0.25, 0.3) is 5.56 Å². The van der Waals surface area contributed by atoms with Gasteiger partial charge in [0.1, 0.15) is 41.8 Å². The van der Waals surface area contributed by atoms with Crippen LogP contribution in [-0.2, 0) is 41.5 Å². The summed E-state index contributed by atoms with van der Waals surface area (Å²) < 4.78 is 11.7. The molecule has 3 heterocycles. The van der Waals surface area contributed by atoms with E-state index in [2.05, 4.69) is 36.6 Å². The number of aromatic amines is 2. The Labute approximate surface area is 381 Å².